The van der Waals surface area contributed by atoms with Crippen LogP contribution in [0.2, 0.25) is 0 Å². The largest absolute Gasteiger partial charge is 0.463 e. The van der Waals surface area contributed by atoms with Gasteiger partial charge in [0.05, 0.1) is 6.61 Å². The fourth-order valence-corrected chi connectivity index (χ4v) is 1.51. The summed E-state index contributed by atoms with van der Waals surface area (Å²) in [6.45, 7) is 2.20. The summed E-state index contributed by atoms with van der Waals surface area (Å²) in [5.74, 6) is -0.295. The number of benzene rings is 1. The van der Waals surface area contributed by atoms with Crippen LogP contribution >= 0.6 is 11.8 Å². The van der Waals surface area contributed by atoms with E-state index < -0.39 is 0 Å². The molecule has 0 radical (unpaired) electrons. The SMILES string of the molecule is CCOC(=O)/C=C\Sc1ccccc1. The van der Waals surface area contributed by atoms with Crippen LogP contribution in [0.4, 0.5) is 0 Å². The van der Waals surface area contributed by atoms with Crippen LogP contribution in [0.3, 0.4) is 0 Å². The molecule has 0 aromatic heterocycles. The molecule has 0 aliphatic rings. The summed E-state index contributed by atoms with van der Waals surface area (Å²) in [4.78, 5) is 12.0. The molecule has 1 aromatic rings. The Morgan fingerprint density at radius 2 is 2.14 bits per heavy atom. The number of hydrogen-bond acceptors (Lipinski definition) is 3. The molecule has 3 heteroatoms. The van der Waals surface area contributed by atoms with Crippen LogP contribution in [-0.4, -0.2) is 12.6 Å². The van der Waals surface area contributed by atoms with E-state index in [-0.39, 0.29) is 5.97 Å². The molecule has 2 nitrogen and oxygen atoms in total. The van der Waals surface area contributed by atoms with Crippen molar-refractivity contribution in [2.75, 3.05) is 6.61 Å². The first kappa shape index (κ1) is 10.9. The van der Waals surface area contributed by atoms with Gasteiger partial charge in [-0.2, -0.15) is 0 Å². The van der Waals surface area contributed by atoms with Crippen LogP contribution in [0.1, 0.15) is 6.92 Å². The lowest BCUT2D eigenvalue weighted by molar-refractivity contribution is -0.137. The van der Waals surface area contributed by atoms with E-state index in [4.69, 9.17) is 4.74 Å². The molecule has 0 fully saturated rings. The third-order valence-corrected chi connectivity index (χ3v) is 2.25. The Kier molecular flexibility index (Phi) is 4.86. The van der Waals surface area contributed by atoms with Gasteiger partial charge in [-0.3, -0.25) is 0 Å². The van der Waals surface area contributed by atoms with Crippen LogP contribution in [0.5, 0.6) is 0 Å². The van der Waals surface area contributed by atoms with Crippen molar-refractivity contribution in [1.29, 1.82) is 0 Å². The zero-order valence-electron chi connectivity index (χ0n) is 7.97. The molecular formula is C11H12O2S. The van der Waals surface area contributed by atoms with Crippen molar-refractivity contribution >= 4 is 17.7 Å². The van der Waals surface area contributed by atoms with Crippen molar-refractivity contribution < 1.29 is 9.53 Å². The van der Waals surface area contributed by atoms with E-state index in [2.05, 4.69) is 0 Å². The third kappa shape index (κ3) is 4.14. The molecule has 0 bridgehead atoms. The van der Waals surface area contributed by atoms with Gasteiger partial charge < -0.3 is 4.74 Å². The summed E-state index contributed by atoms with van der Waals surface area (Å²) in [6, 6.07) is 9.85. The quantitative estimate of drug-likeness (QED) is 0.432. The molecule has 0 aliphatic carbocycles. The highest BCUT2D eigenvalue weighted by Gasteiger charge is 1.93. The molecule has 0 unspecified atom stereocenters. The van der Waals surface area contributed by atoms with E-state index in [1.54, 1.807) is 12.3 Å². The maximum Gasteiger partial charge on any atom is 0.331 e. The van der Waals surface area contributed by atoms with Gasteiger partial charge in [0.25, 0.3) is 0 Å². The maximum atomic E-state index is 10.9. The smallest absolute Gasteiger partial charge is 0.331 e. The Balaban J connectivity index is 2.37. The van der Waals surface area contributed by atoms with Crippen molar-refractivity contribution in [1.82, 2.24) is 0 Å². The molecule has 0 N–H and O–H groups in total. The molecule has 0 saturated heterocycles. The average Bonchev–Trinajstić information content (AvgIpc) is 2.20. The average molecular weight is 208 g/mol. The van der Waals surface area contributed by atoms with E-state index in [1.165, 1.54) is 17.8 Å². The van der Waals surface area contributed by atoms with E-state index in [9.17, 15) is 4.79 Å². The van der Waals surface area contributed by atoms with Gasteiger partial charge >= 0.3 is 5.97 Å². The number of carbonyl (C=O) groups excluding carboxylic acids is 1. The van der Waals surface area contributed by atoms with Crippen molar-refractivity contribution in [3.8, 4) is 0 Å². The van der Waals surface area contributed by atoms with Gasteiger partial charge in [0.2, 0.25) is 0 Å². The van der Waals surface area contributed by atoms with Crippen LogP contribution in [0.15, 0.2) is 46.7 Å². The lowest BCUT2D eigenvalue weighted by atomic mass is 10.4. The normalized spacial score (nSPS) is 10.4. The minimum Gasteiger partial charge on any atom is -0.463 e. The highest BCUT2D eigenvalue weighted by Crippen LogP contribution is 2.17. The van der Waals surface area contributed by atoms with E-state index >= 15 is 0 Å². The number of thioether (sulfide) groups is 1. The lowest BCUT2D eigenvalue weighted by Crippen LogP contribution is -1.98. The van der Waals surface area contributed by atoms with Gasteiger partial charge in [0.15, 0.2) is 0 Å². The molecule has 1 rings (SSSR count). The molecule has 0 atom stereocenters. The van der Waals surface area contributed by atoms with E-state index in [1.807, 2.05) is 30.3 Å². The summed E-state index contributed by atoms with van der Waals surface area (Å²) in [5.41, 5.74) is 0. The fraction of sp³-hybridized carbons (Fsp3) is 0.182. The summed E-state index contributed by atoms with van der Waals surface area (Å²) < 4.78 is 4.74. The summed E-state index contributed by atoms with van der Waals surface area (Å²) >= 11 is 1.49. The molecular weight excluding hydrogens is 196 g/mol. The standard InChI is InChI=1S/C11H12O2S/c1-2-13-11(12)8-9-14-10-6-4-3-5-7-10/h3-9H,2H2,1H3/b9-8-. The Hall–Kier alpha value is -1.22. The maximum absolute atomic E-state index is 10.9. The van der Waals surface area contributed by atoms with Crippen LogP contribution in [0, 0.1) is 0 Å². The predicted octanol–water partition coefficient (Wildman–Crippen LogP) is 2.86. The van der Waals surface area contributed by atoms with Crippen LogP contribution < -0.4 is 0 Å². The third-order valence-electron chi connectivity index (χ3n) is 1.44. The highest BCUT2D eigenvalue weighted by molar-refractivity contribution is 8.02. The zero-order valence-corrected chi connectivity index (χ0v) is 8.79. The highest BCUT2D eigenvalue weighted by atomic mass is 32.2. The van der Waals surface area contributed by atoms with Gasteiger partial charge in [-0.1, -0.05) is 30.0 Å². The molecule has 0 aliphatic heterocycles. The second-order valence-corrected chi connectivity index (χ2v) is 3.46. The van der Waals surface area contributed by atoms with Gasteiger partial charge in [-0.15, -0.1) is 0 Å². The molecule has 1 aromatic carbocycles. The summed E-state index contributed by atoms with van der Waals surface area (Å²) in [6.07, 6.45) is 1.43. The van der Waals surface area contributed by atoms with Crippen LogP contribution in [-0.2, 0) is 9.53 Å². The molecule has 0 spiro atoms. The van der Waals surface area contributed by atoms with E-state index in [0.717, 1.165) is 4.90 Å². The number of esters is 1. The first-order valence-electron chi connectivity index (χ1n) is 4.38. The molecule has 0 saturated carbocycles. The van der Waals surface area contributed by atoms with Gasteiger partial charge in [-0.05, 0) is 24.5 Å². The Morgan fingerprint density at radius 3 is 2.79 bits per heavy atom. The Morgan fingerprint density at radius 1 is 1.43 bits per heavy atom. The lowest BCUT2D eigenvalue weighted by Gasteiger charge is -1.95. The van der Waals surface area contributed by atoms with Crippen molar-refractivity contribution in [3.63, 3.8) is 0 Å². The number of ether oxygens (including phenoxy) is 1. The van der Waals surface area contributed by atoms with E-state index in [0.29, 0.717) is 6.61 Å². The Bertz CT molecular complexity index is 306. The van der Waals surface area contributed by atoms with Crippen molar-refractivity contribution in [2.24, 2.45) is 0 Å². The minimum atomic E-state index is -0.295. The van der Waals surface area contributed by atoms with Crippen LogP contribution in [0.25, 0.3) is 0 Å². The molecule has 0 amide bonds. The Labute approximate surface area is 88.0 Å². The monoisotopic (exact) mass is 208 g/mol. The fourth-order valence-electron chi connectivity index (χ4n) is 0.858. The number of rotatable bonds is 4. The molecule has 14 heavy (non-hydrogen) atoms. The number of carbonyl (C=O) groups is 1. The first-order valence-corrected chi connectivity index (χ1v) is 5.26. The van der Waals surface area contributed by atoms with Crippen molar-refractivity contribution in [3.05, 3.63) is 41.8 Å². The summed E-state index contributed by atoms with van der Waals surface area (Å²) in [7, 11) is 0. The molecule has 0 heterocycles. The molecule has 74 valence electrons. The van der Waals surface area contributed by atoms with Gasteiger partial charge in [-0.25, -0.2) is 4.79 Å². The second-order valence-electron chi connectivity index (χ2n) is 2.49. The predicted molar refractivity (Wildman–Crippen MR) is 58.1 cm³/mol. The van der Waals surface area contributed by atoms with Gasteiger partial charge in [0, 0.05) is 11.0 Å². The topological polar surface area (TPSA) is 26.3 Å². The van der Waals surface area contributed by atoms with Gasteiger partial charge in [0.1, 0.15) is 0 Å². The van der Waals surface area contributed by atoms with Crippen molar-refractivity contribution in [2.45, 2.75) is 11.8 Å². The zero-order chi connectivity index (χ0) is 10.2. The second kappa shape index (κ2) is 6.27. The number of hydrogen-bond donors (Lipinski definition) is 0. The summed E-state index contributed by atoms with van der Waals surface area (Å²) in [5, 5.41) is 1.73. The first-order chi connectivity index (χ1) is 6.83. The minimum absolute atomic E-state index is 0.295.